The van der Waals surface area contributed by atoms with Gasteiger partial charge in [-0.15, -0.1) is 0 Å². The maximum absolute atomic E-state index is 16.9. The SMILES string of the molecule is C=C(/C(=C(\C(C)=C(/C)n1c2ccccc2c2c3c(ccc21)oc1ccccc13)c1ccccc1F)n1c2ccccc2c2c3c(ccc21)oc1ccccc13)c1ccccc1F. The smallest absolute Gasteiger partial charge is 0.136 e. The lowest BCUT2D eigenvalue weighted by atomic mass is 9.89. The molecule has 8 aromatic carbocycles. The molecule has 62 heavy (non-hydrogen) atoms. The molecule has 12 rings (SSSR count). The van der Waals surface area contributed by atoms with Gasteiger partial charge in [-0.1, -0.05) is 116 Å². The molecule has 0 N–H and O–H groups in total. The minimum Gasteiger partial charge on any atom is -0.456 e. The quantitative estimate of drug-likeness (QED) is 0.157. The van der Waals surface area contributed by atoms with Gasteiger partial charge < -0.3 is 18.0 Å². The number of benzene rings is 8. The maximum Gasteiger partial charge on any atom is 0.136 e. The van der Waals surface area contributed by atoms with Crippen molar-refractivity contribution in [3.05, 3.63) is 205 Å². The Hall–Kier alpha value is -7.96. The number of hydrogen-bond donors (Lipinski definition) is 0. The second kappa shape index (κ2) is 13.5. The van der Waals surface area contributed by atoms with Crippen LogP contribution in [0.2, 0.25) is 0 Å². The average Bonchev–Trinajstić information content (AvgIpc) is 4.05. The Morgan fingerprint density at radius 1 is 0.419 bits per heavy atom. The molecule has 12 aromatic rings. The second-order valence-electron chi connectivity index (χ2n) is 15.9. The van der Waals surface area contributed by atoms with E-state index < -0.39 is 11.6 Å². The largest absolute Gasteiger partial charge is 0.456 e. The minimum absolute atomic E-state index is 0.314. The van der Waals surface area contributed by atoms with E-state index in [0.29, 0.717) is 28.0 Å². The van der Waals surface area contributed by atoms with E-state index in [-0.39, 0.29) is 0 Å². The maximum atomic E-state index is 16.9. The molecule has 0 saturated carbocycles. The number of nitrogens with zero attached hydrogens (tertiary/aromatic N) is 2. The molecule has 0 saturated heterocycles. The van der Waals surface area contributed by atoms with Crippen molar-refractivity contribution in [3.8, 4) is 0 Å². The van der Waals surface area contributed by atoms with E-state index in [1.54, 1.807) is 24.3 Å². The first-order valence-electron chi connectivity index (χ1n) is 20.7. The number of aromatic nitrogens is 2. The number of allylic oxidation sites excluding steroid dienone is 5. The number of fused-ring (bicyclic) bond motifs is 14. The Balaban J connectivity index is 1.27. The zero-order valence-electron chi connectivity index (χ0n) is 33.8. The van der Waals surface area contributed by atoms with E-state index in [1.165, 1.54) is 12.1 Å². The van der Waals surface area contributed by atoms with Crippen LogP contribution in [0.25, 0.3) is 110 Å². The monoisotopic (exact) mass is 806 g/mol. The van der Waals surface area contributed by atoms with Crippen LogP contribution in [-0.2, 0) is 0 Å². The summed E-state index contributed by atoms with van der Waals surface area (Å²) in [6.45, 7) is 8.81. The number of rotatable bonds is 6. The van der Waals surface area contributed by atoms with Gasteiger partial charge in [-0.25, -0.2) is 8.78 Å². The lowest BCUT2D eigenvalue weighted by Crippen LogP contribution is -2.08. The number of halogens is 2. The fourth-order valence-corrected chi connectivity index (χ4v) is 9.90. The van der Waals surface area contributed by atoms with Crippen LogP contribution in [0.1, 0.15) is 25.0 Å². The Kier molecular flexibility index (Phi) is 7.84. The molecule has 0 spiro atoms. The molecule has 0 atom stereocenters. The predicted molar refractivity (Wildman–Crippen MR) is 253 cm³/mol. The van der Waals surface area contributed by atoms with Crippen molar-refractivity contribution in [2.75, 3.05) is 0 Å². The van der Waals surface area contributed by atoms with E-state index in [4.69, 9.17) is 15.4 Å². The molecule has 0 fully saturated rings. The first-order valence-corrected chi connectivity index (χ1v) is 20.7. The summed E-state index contributed by atoms with van der Waals surface area (Å²) in [4.78, 5) is 0. The summed E-state index contributed by atoms with van der Waals surface area (Å²) in [6.07, 6.45) is 0. The number of para-hydroxylation sites is 4. The molecule has 0 radical (unpaired) electrons. The third-order valence-corrected chi connectivity index (χ3v) is 12.7. The van der Waals surface area contributed by atoms with E-state index in [1.807, 2.05) is 91.9 Å². The van der Waals surface area contributed by atoms with Crippen molar-refractivity contribution >= 4 is 110 Å². The molecule has 0 unspecified atom stereocenters. The lowest BCUT2D eigenvalue weighted by Gasteiger charge is -2.24. The fourth-order valence-electron chi connectivity index (χ4n) is 9.90. The molecule has 4 aromatic heterocycles. The molecule has 0 aliphatic rings. The van der Waals surface area contributed by atoms with Crippen molar-refractivity contribution in [1.82, 2.24) is 9.13 Å². The van der Waals surface area contributed by atoms with Gasteiger partial charge in [-0.2, -0.15) is 0 Å². The van der Waals surface area contributed by atoms with Gasteiger partial charge in [0, 0.05) is 71.1 Å². The van der Waals surface area contributed by atoms with Crippen molar-refractivity contribution in [1.29, 1.82) is 0 Å². The molecule has 6 heteroatoms. The summed E-state index contributed by atoms with van der Waals surface area (Å²) in [5.41, 5.74) is 10.7. The second-order valence-corrected chi connectivity index (χ2v) is 15.9. The van der Waals surface area contributed by atoms with E-state index in [9.17, 15) is 0 Å². The molecule has 0 aliphatic heterocycles. The van der Waals surface area contributed by atoms with Crippen molar-refractivity contribution in [2.45, 2.75) is 13.8 Å². The Morgan fingerprint density at radius 2 is 0.855 bits per heavy atom. The Bertz CT molecular complexity index is 3940. The molecule has 296 valence electrons. The molecular formula is C56H36F2N2O2. The highest BCUT2D eigenvalue weighted by atomic mass is 19.1. The number of furan rings is 2. The normalized spacial score (nSPS) is 13.1. The van der Waals surface area contributed by atoms with Crippen LogP contribution in [0, 0.1) is 11.6 Å². The summed E-state index contributed by atoms with van der Waals surface area (Å²) in [5.74, 6) is -0.838. The van der Waals surface area contributed by atoms with Crippen LogP contribution in [0.5, 0.6) is 0 Å². The van der Waals surface area contributed by atoms with Crippen LogP contribution in [-0.4, -0.2) is 9.13 Å². The zero-order valence-corrected chi connectivity index (χ0v) is 33.8. The topological polar surface area (TPSA) is 36.1 Å². The summed E-state index contributed by atoms with van der Waals surface area (Å²) >= 11 is 0. The van der Waals surface area contributed by atoms with Gasteiger partial charge in [0.15, 0.2) is 0 Å². The van der Waals surface area contributed by atoms with E-state index in [0.717, 1.165) is 98.8 Å². The highest BCUT2D eigenvalue weighted by molar-refractivity contribution is 6.30. The highest BCUT2D eigenvalue weighted by Crippen LogP contribution is 2.48. The standard InChI is InChI=1S/C56H36F2N2O2/c1-32(34(3)59-43-24-12-6-18-37(43)52-45(59)28-30-49-54(52)39-20-8-14-26-47(39)61-49)51(36-17-5-11-23-42(36)58)56(33(2)35-16-4-10-22-41(35)57)60-44-25-13-7-19-38(44)53-46(60)29-31-50-55(53)40-21-9-15-27-48(40)62-50/h4-31H,2H2,1,3H3/b34-32+,56-51-. The Labute approximate surface area is 354 Å². The van der Waals surface area contributed by atoms with Crippen LogP contribution in [0.4, 0.5) is 8.78 Å². The average molecular weight is 807 g/mol. The van der Waals surface area contributed by atoms with E-state index >= 15 is 8.78 Å². The van der Waals surface area contributed by atoms with Gasteiger partial charge in [-0.3, -0.25) is 0 Å². The summed E-state index contributed by atoms with van der Waals surface area (Å²) < 4.78 is 50.4. The third-order valence-electron chi connectivity index (χ3n) is 12.7. The predicted octanol–water partition coefficient (Wildman–Crippen LogP) is 16.0. The highest BCUT2D eigenvalue weighted by Gasteiger charge is 2.28. The van der Waals surface area contributed by atoms with Gasteiger partial charge >= 0.3 is 0 Å². The van der Waals surface area contributed by atoms with Gasteiger partial charge in [0.2, 0.25) is 0 Å². The lowest BCUT2D eigenvalue weighted by molar-refractivity contribution is 0.624. The molecule has 0 amide bonds. The van der Waals surface area contributed by atoms with Crippen LogP contribution in [0.3, 0.4) is 0 Å². The molecule has 4 nitrogen and oxygen atoms in total. The summed E-state index contributed by atoms with van der Waals surface area (Å²) in [5, 5.41) is 8.13. The first-order chi connectivity index (χ1) is 30.4. The van der Waals surface area contributed by atoms with Gasteiger partial charge in [-0.05, 0) is 80.1 Å². The van der Waals surface area contributed by atoms with E-state index in [2.05, 4.69) is 64.6 Å². The molecular weight excluding hydrogens is 771 g/mol. The molecule has 0 bridgehead atoms. The minimum atomic E-state index is -0.427. The molecule has 4 heterocycles. The van der Waals surface area contributed by atoms with Crippen molar-refractivity contribution < 1.29 is 17.6 Å². The van der Waals surface area contributed by atoms with Gasteiger partial charge in [0.05, 0.1) is 27.8 Å². The zero-order chi connectivity index (χ0) is 41.8. The third kappa shape index (κ3) is 5.04. The summed E-state index contributed by atoms with van der Waals surface area (Å²) in [6, 6.07) is 54.4. The van der Waals surface area contributed by atoms with Crippen molar-refractivity contribution in [2.24, 2.45) is 0 Å². The number of hydrogen-bond acceptors (Lipinski definition) is 2. The van der Waals surface area contributed by atoms with Crippen LogP contribution < -0.4 is 0 Å². The van der Waals surface area contributed by atoms with Crippen molar-refractivity contribution in [3.63, 3.8) is 0 Å². The summed E-state index contributed by atoms with van der Waals surface area (Å²) in [7, 11) is 0. The van der Waals surface area contributed by atoms with Gasteiger partial charge in [0.1, 0.15) is 34.0 Å². The van der Waals surface area contributed by atoms with Crippen LogP contribution >= 0.6 is 0 Å². The van der Waals surface area contributed by atoms with Gasteiger partial charge in [0.25, 0.3) is 0 Å². The Morgan fingerprint density at radius 3 is 1.40 bits per heavy atom. The fraction of sp³-hybridized carbons (Fsp3) is 0.0357. The molecule has 0 aliphatic carbocycles. The van der Waals surface area contributed by atoms with Crippen LogP contribution in [0.15, 0.2) is 191 Å². The first kappa shape index (κ1) is 35.9.